The van der Waals surface area contributed by atoms with Crippen molar-refractivity contribution >= 4 is 0 Å². The molecule has 1 unspecified atom stereocenters. The molecule has 0 amide bonds. The van der Waals surface area contributed by atoms with Crippen LogP contribution in [0.1, 0.15) is 43.9 Å². The van der Waals surface area contributed by atoms with Crippen LogP contribution in [0.3, 0.4) is 0 Å². The Labute approximate surface area is 161 Å². The minimum atomic E-state index is -0.659. The van der Waals surface area contributed by atoms with Crippen molar-refractivity contribution in [3.63, 3.8) is 0 Å². The molecule has 5 heteroatoms. The van der Waals surface area contributed by atoms with Gasteiger partial charge in [-0.15, -0.1) is 0 Å². The quantitative estimate of drug-likeness (QED) is 0.605. The summed E-state index contributed by atoms with van der Waals surface area (Å²) < 4.78 is 10.4. The van der Waals surface area contributed by atoms with E-state index in [0.29, 0.717) is 11.5 Å². The third kappa shape index (κ3) is 4.86. The number of hydrogen-bond donors (Lipinski definition) is 3. The van der Waals surface area contributed by atoms with E-state index in [0.717, 1.165) is 30.4 Å². The van der Waals surface area contributed by atoms with Crippen LogP contribution in [0.25, 0.3) is 0 Å². The van der Waals surface area contributed by atoms with Gasteiger partial charge in [0.2, 0.25) is 0 Å². The maximum Gasteiger partial charge on any atom is 0.160 e. The van der Waals surface area contributed by atoms with Crippen molar-refractivity contribution in [1.82, 2.24) is 0 Å². The van der Waals surface area contributed by atoms with Crippen LogP contribution in [0.2, 0.25) is 0 Å². The first-order valence-corrected chi connectivity index (χ1v) is 9.35. The van der Waals surface area contributed by atoms with Crippen molar-refractivity contribution < 1.29 is 24.8 Å². The normalized spacial score (nSPS) is 14.4. The predicted octanol–water partition coefficient (Wildman–Crippen LogP) is 4.44. The fourth-order valence-electron chi connectivity index (χ4n) is 3.69. The molecule has 3 N–H and O–H groups in total. The molecule has 5 nitrogen and oxygen atoms in total. The van der Waals surface area contributed by atoms with Gasteiger partial charge in [0.05, 0.1) is 20.3 Å². The first kappa shape index (κ1) is 20.9. The standard InChI is InChI=1S/C22H30O5/c1-5-15(11-14-7-9-18(23)20(12-14)26-3)17(6-2)22(25)16-8-10-19(24)21(13-16)27-4/h7-10,12-13,15,17,22-25H,5-6,11H2,1-4H3/t15-,17+,22?/m1/s1. The summed E-state index contributed by atoms with van der Waals surface area (Å²) in [5, 5.41) is 30.6. The van der Waals surface area contributed by atoms with E-state index in [2.05, 4.69) is 13.8 Å². The number of rotatable bonds is 9. The number of aliphatic hydroxyl groups is 1. The lowest BCUT2D eigenvalue weighted by atomic mass is 9.78. The minimum Gasteiger partial charge on any atom is -0.504 e. The zero-order valence-corrected chi connectivity index (χ0v) is 16.5. The van der Waals surface area contributed by atoms with Crippen molar-refractivity contribution in [3.05, 3.63) is 47.5 Å². The number of aromatic hydroxyl groups is 2. The first-order valence-electron chi connectivity index (χ1n) is 9.35. The molecule has 0 heterocycles. The van der Waals surface area contributed by atoms with E-state index in [1.807, 2.05) is 12.1 Å². The molecule has 0 bridgehead atoms. The highest BCUT2D eigenvalue weighted by Gasteiger charge is 2.28. The lowest BCUT2D eigenvalue weighted by Crippen LogP contribution is -2.23. The van der Waals surface area contributed by atoms with Crippen molar-refractivity contribution in [1.29, 1.82) is 0 Å². The summed E-state index contributed by atoms with van der Waals surface area (Å²) in [4.78, 5) is 0. The van der Waals surface area contributed by atoms with Gasteiger partial charge in [-0.3, -0.25) is 0 Å². The van der Waals surface area contributed by atoms with Gasteiger partial charge in [0.15, 0.2) is 23.0 Å². The second-order valence-corrected chi connectivity index (χ2v) is 6.83. The SMILES string of the molecule is CC[C@H](Cc1ccc(O)c(OC)c1)[C@H](CC)C(O)c1ccc(O)c(OC)c1. The Hall–Kier alpha value is -2.40. The number of aliphatic hydroxyl groups excluding tert-OH is 1. The summed E-state index contributed by atoms with van der Waals surface area (Å²) in [5.74, 6) is 1.29. The molecule has 0 aliphatic carbocycles. The molecule has 0 aliphatic heterocycles. The first-order chi connectivity index (χ1) is 12.9. The van der Waals surface area contributed by atoms with Crippen molar-refractivity contribution in [2.75, 3.05) is 14.2 Å². The van der Waals surface area contributed by atoms with Crippen LogP contribution in [0.4, 0.5) is 0 Å². The number of ether oxygens (including phenoxy) is 2. The molecule has 0 fully saturated rings. The summed E-state index contributed by atoms with van der Waals surface area (Å²) in [6.07, 6.45) is 1.85. The van der Waals surface area contributed by atoms with Crippen LogP contribution in [0.5, 0.6) is 23.0 Å². The van der Waals surface area contributed by atoms with Crippen LogP contribution in [-0.2, 0) is 6.42 Å². The van der Waals surface area contributed by atoms with Crippen LogP contribution >= 0.6 is 0 Å². The molecule has 2 rings (SSSR count). The summed E-state index contributed by atoms with van der Waals surface area (Å²) in [7, 11) is 3.03. The molecule has 0 radical (unpaired) electrons. The maximum atomic E-state index is 11.0. The minimum absolute atomic E-state index is 0.0454. The largest absolute Gasteiger partial charge is 0.504 e. The highest BCUT2D eigenvalue weighted by atomic mass is 16.5. The lowest BCUT2D eigenvalue weighted by Gasteiger charge is -2.30. The lowest BCUT2D eigenvalue weighted by molar-refractivity contribution is 0.0666. The van der Waals surface area contributed by atoms with Crippen molar-refractivity contribution in [2.45, 2.75) is 39.2 Å². The average molecular weight is 374 g/mol. The van der Waals surface area contributed by atoms with Gasteiger partial charge in [0.25, 0.3) is 0 Å². The van der Waals surface area contributed by atoms with Crippen LogP contribution in [-0.4, -0.2) is 29.5 Å². The monoisotopic (exact) mass is 374 g/mol. The van der Waals surface area contributed by atoms with Gasteiger partial charge < -0.3 is 24.8 Å². The average Bonchev–Trinajstić information content (AvgIpc) is 2.69. The molecule has 0 spiro atoms. The third-order valence-corrected chi connectivity index (χ3v) is 5.29. The van der Waals surface area contributed by atoms with Gasteiger partial charge in [0, 0.05) is 0 Å². The number of phenolic OH excluding ortho intramolecular Hbond substituents is 2. The number of phenols is 2. The van der Waals surface area contributed by atoms with E-state index in [-0.39, 0.29) is 23.3 Å². The van der Waals surface area contributed by atoms with Gasteiger partial charge in [-0.05, 0) is 53.6 Å². The Morgan fingerprint density at radius 1 is 0.852 bits per heavy atom. The predicted molar refractivity (Wildman–Crippen MR) is 106 cm³/mol. The van der Waals surface area contributed by atoms with E-state index in [1.165, 1.54) is 14.2 Å². The van der Waals surface area contributed by atoms with Gasteiger partial charge in [-0.25, -0.2) is 0 Å². The smallest absolute Gasteiger partial charge is 0.160 e. The molecular weight excluding hydrogens is 344 g/mol. The Morgan fingerprint density at radius 2 is 1.44 bits per heavy atom. The molecule has 3 atom stereocenters. The molecule has 0 aromatic heterocycles. The van der Waals surface area contributed by atoms with Crippen LogP contribution in [0, 0.1) is 11.8 Å². The molecule has 0 saturated heterocycles. The molecule has 148 valence electrons. The number of benzene rings is 2. The molecule has 2 aromatic rings. The van der Waals surface area contributed by atoms with Crippen LogP contribution < -0.4 is 9.47 Å². The summed E-state index contributed by atoms with van der Waals surface area (Å²) >= 11 is 0. The van der Waals surface area contributed by atoms with E-state index >= 15 is 0 Å². The molecular formula is C22H30O5. The fourth-order valence-corrected chi connectivity index (χ4v) is 3.69. The van der Waals surface area contributed by atoms with E-state index in [4.69, 9.17) is 9.47 Å². The van der Waals surface area contributed by atoms with Crippen molar-refractivity contribution in [2.24, 2.45) is 11.8 Å². The van der Waals surface area contributed by atoms with E-state index in [9.17, 15) is 15.3 Å². The number of methoxy groups -OCH3 is 2. The van der Waals surface area contributed by atoms with Crippen LogP contribution in [0.15, 0.2) is 36.4 Å². The van der Waals surface area contributed by atoms with E-state index in [1.54, 1.807) is 24.3 Å². The maximum absolute atomic E-state index is 11.0. The summed E-state index contributed by atoms with van der Waals surface area (Å²) in [6.45, 7) is 4.20. The summed E-state index contributed by atoms with van der Waals surface area (Å²) in [6, 6.07) is 10.4. The topological polar surface area (TPSA) is 79.2 Å². The second-order valence-electron chi connectivity index (χ2n) is 6.83. The molecule has 0 aliphatic rings. The fraction of sp³-hybridized carbons (Fsp3) is 0.455. The Morgan fingerprint density at radius 3 is 2.00 bits per heavy atom. The zero-order valence-electron chi connectivity index (χ0n) is 16.5. The summed E-state index contributed by atoms with van der Waals surface area (Å²) in [5.41, 5.74) is 1.80. The van der Waals surface area contributed by atoms with Gasteiger partial charge >= 0.3 is 0 Å². The third-order valence-electron chi connectivity index (χ3n) is 5.29. The molecule has 2 aromatic carbocycles. The van der Waals surface area contributed by atoms with Gasteiger partial charge in [0.1, 0.15) is 0 Å². The highest BCUT2D eigenvalue weighted by molar-refractivity contribution is 5.43. The molecule has 0 saturated carbocycles. The second kappa shape index (κ2) is 9.51. The zero-order chi connectivity index (χ0) is 20.0. The number of hydrogen-bond acceptors (Lipinski definition) is 5. The highest BCUT2D eigenvalue weighted by Crippen LogP contribution is 2.38. The van der Waals surface area contributed by atoms with Crippen molar-refractivity contribution in [3.8, 4) is 23.0 Å². The van der Waals surface area contributed by atoms with E-state index < -0.39 is 6.10 Å². The van der Waals surface area contributed by atoms with Gasteiger partial charge in [-0.2, -0.15) is 0 Å². The molecule has 27 heavy (non-hydrogen) atoms. The Kier molecular flexibility index (Phi) is 7.36. The Balaban J connectivity index is 2.24. The Bertz CT molecular complexity index is 743. The van der Waals surface area contributed by atoms with Gasteiger partial charge in [-0.1, -0.05) is 38.8 Å².